The Balaban J connectivity index is 1.80. The zero-order valence-corrected chi connectivity index (χ0v) is 12.3. The molecular weight excluding hydrogens is 284 g/mol. The molecule has 1 N–H and O–H groups in total. The van der Waals surface area contributed by atoms with Gasteiger partial charge in [-0.25, -0.2) is 9.97 Å². The van der Waals surface area contributed by atoms with E-state index in [2.05, 4.69) is 31.4 Å². The Kier molecular flexibility index (Phi) is 2.61. The fourth-order valence-corrected chi connectivity index (χ4v) is 3.15. The van der Waals surface area contributed by atoms with Crippen LogP contribution in [-0.4, -0.2) is 24.6 Å². The fourth-order valence-electron chi connectivity index (χ4n) is 2.29. The lowest BCUT2D eigenvalue weighted by Crippen LogP contribution is -2.02. The molecule has 3 aromatic heterocycles. The van der Waals surface area contributed by atoms with Crippen LogP contribution < -0.4 is 5.32 Å². The molecule has 0 saturated carbocycles. The van der Waals surface area contributed by atoms with Gasteiger partial charge in [0.25, 0.3) is 5.78 Å². The highest BCUT2D eigenvalue weighted by atomic mass is 32.1. The third kappa shape index (κ3) is 2.11. The van der Waals surface area contributed by atoms with Gasteiger partial charge in [0.15, 0.2) is 0 Å². The molecule has 3 heterocycles. The summed E-state index contributed by atoms with van der Waals surface area (Å²) in [6.07, 6.45) is 1.50. The third-order valence-electron chi connectivity index (χ3n) is 3.15. The lowest BCUT2D eigenvalue weighted by atomic mass is 10.3. The number of nitrogens with zero attached hydrogens (tertiary/aromatic N) is 5. The topological polar surface area (TPSA) is 68.0 Å². The van der Waals surface area contributed by atoms with E-state index in [9.17, 15) is 0 Å². The van der Waals surface area contributed by atoms with Gasteiger partial charge in [-0.3, -0.25) is 0 Å². The van der Waals surface area contributed by atoms with Crippen LogP contribution in [0.3, 0.4) is 0 Å². The van der Waals surface area contributed by atoms with Crippen molar-refractivity contribution >= 4 is 38.8 Å². The van der Waals surface area contributed by atoms with Crippen LogP contribution in [0.25, 0.3) is 16.0 Å². The quantitative estimate of drug-likeness (QED) is 0.615. The molecule has 0 aliphatic rings. The van der Waals surface area contributed by atoms with Crippen molar-refractivity contribution in [3.63, 3.8) is 0 Å². The summed E-state index contributed by atoms with van der Waals surface area (Å²) < 4.78 is 2.85. The first-order valence-corrected chi connectivity index (χ1v) is 7.32. The number of benzene rings is 1. The molecule has 0 saturated heterocycles. The molecule has 0 aliphatic carbocycles. The molecule has 0 fully saturated rings. The molecule has 4 rings (SSSR count). The van der Waals surface area contributed by atoms with E-state index in [1.54, 1.807) is 15.9 Å². The summed E-state index contributed by atoms with van der Waals surface area (Å²) in [6.45, 7) is 3.96. The maximum atomic E-state index is 4.47. The molecule has 0 aliphatic heterocycles. The summed E-state index contributed by atoms with van der Waals surface area (Å²) in [5.41, 5.74) is 2.92. The normalized spacial score (nSPS) is 11.3. The monoisotopic (exact) mass is 296 g/mol. The smallest absolute Gasteiger partial charge is 0.254 e. The Labute approximate surface area is 124 Å². The molecule has 0 amide bonds. The number of fused-ring (bicyclic) bond motifs is 2. The molecule has 0 spiro atoms. The van der Waals surface area contributed by atoms with E-state index in [4.69, 9.17) is 0 Å². The van der Waals surface area contributed by atoms with Gasteiger partial charge in [0.2, 0.25) is 0 Å². The highest BCUT2D eigenvalue weighted by Gasteiger charge is 2.07. The molecule has 4 aromatic rings. The summed E-state index contributed by atoms with van der Waals surface area (Å²) >= 11 is 1.69. The second-order valence-electron chi connectivity index (χ2n) is 4.79. The van der Waals surface area contributed by atoms with Crippen LogP contribution >= 0.6 is 11.3 Å². The summed E-state index contributed by atoms with van der Waals surface area (Å²) in [5, 5.41) is 8.64. The summed E-state index contributed by atoms with van der Waals surface area (Å²) in [4.78, 5) is 12.9. The molecule has 0 radical (unpaired) electrons. The average molecular weight is 296 g/mol. The van der Waals surface area contributed by atoms with E-state index in [1.165, 1.54) is 6.33 Å². The van der Waals surface area contributed by atoms with Gasteiger partial charge in [-0.05, 0) is 32.0 Å². The highest BCUT2D eigenvalue weighted by molar-refractivity contribution is 7.18. The van der Waals surface area contributed by atoms with Crippen molar-refractivity contribution in [1.29, 1.82) is 0 Å². The second kappa shape index (κ2) is 4.49. The summed E-state index contributed by atoms with van der Waals surface area (Å²) in [7, 11) is 0. The maximum absolute atomic E-state index is 4.47. The van der Waals surface area contributed by atoms with Crippen molar-refractivity contribution in [3.8, 4) is 0 Å². The third-order valence-corrected chi connectivity index (χ3v) is 4.08. The van der Waals surface area contributed by atoms with E-state index in [1.807, 2.05) is 32.0 Å². The number of hydrogen-bond acceptors (Lipinski definition) is 6. The van der Waals surface area contributed by atoms with Crippen molar-refractivity contribution < 1.29 is 0 Å². The minimum atomic E-state index is 0.590. The van der Waals surface area contributed by atoms with Gasteiger partial charge >= 0.3 is 0 Å². The number of anilines is 2. The van der Waals surface area contributed by atoms with Crippen molar-refractivity contribution in [2.45, 2.75) is 13.8 Å². The Morgan fingerprint density at radius 3 is 2.95 bits per heavy atom. The van der Waals surface area contributed by atoms with Gasteiger partial charge in [0, 0.05) is 17.4 Å². The number of hydrogen-bond donors (Lipinski definition) is 1. The standard InChI is InChI=1S/C14H12N6S/c1-8-5-13(20-14(17-8)15-7-16-20)19-10-3-4-11-12(6-10)21-9(2)18-11/h3-7,19H,1-2H3. The van der Waals surface area contributed by atoms with Crippen LogP contribution in [0.4, 0.5) is 11.5 Å². The van der Waals surface area contributed by atoms with Gasteiger partial charge in [0.05, 0.1) is 15.2 Å². The Bertz CT molecular complexity index is 955. The van der Waals surface area contributed by atoms with Crippen LogP contribution in [-0.2, 0) is 0 Å². The lowest BCUT2D eigenvalue weighted by molar-refractivity contribution is 0.937. The number of aryl methyl sites for hydroxylation is 2. The van der Waals surface area contributed by atoms with E-state index in [-0.39, 0.29) is 0 Å². The zero-order chi connectivity index (χ0) is 14.4. The molecule has 0 bridgehead atoms. The lowest BCUT2D eigenvalue weighted by Gasteiger charge is -2.08. The Morgan fingerprint density at radius 2 is 2.05 bits per heavy atom. The minimum Gasteiger partial charge on any atom is -0.340 e. The van der Waals surface area contributed by atoms with E-state index in [0.29, 0.717) is 5.78 Å². The molecular formula is C14H12N6S. The molecule has 0 atom stereocenters. The summed E-state index contributed by atoms with van der Waals surface area (Å²) in [6, 6.07) is 8.08. The zero-order valence-electron chi connectivity index (χ0n) is 11.5. The largest absolute Gasteiger partial charge is 0.340 e. The molecule has 104 valence electrons. The van der Waals surface area contributed by atoms with Gasteiger partial charge < -0.3 is 5.32 Å². The summed E-state index contributed by atoms with van der Waals surface area (Å²) in [5.74, 6) is 1.43. The number of nitrogens with one attached hydrogen (secondary N) is 1. The molecule has 7 heteroatoms. The number of aromatic nitrogens is 5. The molecule has 21 heavy (non-hydrogen) atoms. The van der Waals surface area contributed by atoms with Crippen LogP contribution in [0.5, 0.6) is 0 Å². The first-order chi connectivity index (χ1) is 10.2. The van der Waals surface area contributed by atoms with Crippen LogP contribution in [0.2, 0.25) is 0 Å². The van der Waals surface area contributed by atoms with Crippen LogP contribution in [0.15, 0.2) is 30.6 Å². The number of thiazole rings is 1. The van der Waals surface area contributed by atoms with Gasteiger partial charge in [-0.15, -0.1) is 11.3 Å². The van der Waals surface area contributed by atoms with E-state index >= 15 is 0 Å². The van der Waals surface area contributed by atoms with E-state index < -0.39 is 0 Å². The van der Waals surface area contributed by atoms with E-state index in [0.717, 1.165) is 32.4 Å². The van der Waals surface area contributed by atoms with Crippen molar-refractivity contribution in [3.05, 3.63) is 41.3 Å². The maximum Gasteiger partial charge on any atom is 0.254 e. The Morgan fingerprint density at radius 1 is 1.14 bits per heavy atom. The van der Waals surface area contributed by atoms with Crippen LogP contribution in [0.1, 0.15) is 10.7 Å². The van der Waals surface area contributed by atoms with Crippen molar-refractivity contribution in [2.75, 3.05) is 5.32 Å². The predicted molar refractivity (Wildman–Crippen MR) is 83.2 cm³/mol. The highest BCUT2D eigenvalue weighted by Crippen LogP contribution is 2.26. The first kappa shape index (κ1) is 12.2. The minimum absolute atomic E-state index is 0.590. The first-order valence-electron chi connectivity index (χ1n) is 6.51. The molecule has 0 unspecified atom stereocenters. The van der Waals surface area contributed by atoms with Gasteiger partial charge in [-0.1, -0.05) is 0 Å². The molecule has 1 aromatic carbocycles. The molecule has 6 nitrogen and oxygen atoms in total. The van der Waals surface area contributed by atoms with Crippen LogP contribution in [0, 0.1) is 13.8 Å². The predicted octanol–water partition coefficient (Wildman–Crippen LogP) is 3.09. The Hall–Kier alpha value is -2.54. The van der Waals surface area contributed by atoms with Gasteiger partial charge in [-0.2, -0.15) is 14.6 Å². The SMILES string of the molecule is Cc1cc(Nc2ccc3nc(C)sc3c2)n2ncnc2n1. The van der Waals surface area contributed by atoms with Crippen molar-refractivity contribution in [1.82, 2.24) is 24.6 Å². The average Bonchev–Trinajstić information content (AvgIpc) is 3.03. The number of rotatable bonds is 2. The van der Waals surface area contributed by atoms with Gasteiger partial charge in [0.1, 0.15) is 12.1 Å². The second-order valence-corrected chi connectivity index (χ2v) is 6.03. The van der Waals surface area contributed by atoms with Crippen molar-refractivity contribution in [2.24, 2.45) is 0 Å². The fraction of sp³-hybridized carbons (Fsp3) is 0.143.